The van der Waals surface area contributed by atoms with Gasteiger partial charge in [0.25, 0.3) is 0 Å². The molecule has 1 atom stereocenters. The molecule has 0 fully saturated rings. The molecule has 1 nitrogen and oxygen atoms in total. The van der Waals surface area contributed by atoms with Crippen LogP contribution in [-0.4, -0.2) is 17.0 Å². The first-order chi connectivity index (χ1) is 6.22. The number of thiophene rings is 1. The monoisotopic (exact) mass is 280 g/mol. The number of thioether (sulfide) groups is 1. The van der Waals surface area contributed by atoms with E-state index in [0.29, 0.717) is 11.9 Å². The van der Waals surface area contributed by atoms with Crippen molar-refractivity contribution in [3.8, 4) is 0 Å². The van der Waals surface area contributed by atoms with Crippen LogP contribution < -0.4 is 0 Å². The Morgan fingerprint density at radius 1 is 1.62 bits per heavy atom. The topological polar surface area (TPSA) is 20.2 Å². The lowest BCUT2D eigenvalue weighted by Crippen LogP contribution is -1.99. The lowest BCUT2D eigenvalue weighted by molar-refractivity contribution is 0.289. The molecule has 1 N–H and O–H groups in total. The molecule has 0 aromatic carbocycles. The summed E-state index contributed by atoms with van der Waals surface area (Å²) in [6.45, 7) is 2.45. The summed E-state index contributed by atoms with van der Waals surface area (Å²) in [6.07, 6.45) is 0.886. The third-order valence-electron chi connectivity index (χ3n) is 1.67. The van der Waals surface area contributed by atoms with Gasteiger partial charge in [-0.05, 0) is 34.5 Å². The van der Waals surface area contributed by atoms with Gasteiger partial charge in [0.1, 0.15) is 0 Å². The van der Waals surface area contributed by atoms with E-state index in [4.69, 9.17) is 5.11 Å². The van der Waals surface area contributed by atoms with Gasteiger partial charge in [-0.25, -0.2) is 0 Å². The zero-order valence-corrected chi connectivity index (χ0v) is 10.7. The zero-order chi connectivity index (χ0) is 9.68. The van der Waals surface area contributed by atoms with Gasteiger partial charge in [0.05, 0.1) is 3.79 Å². The highest BCUT2D eigenvalue weighted by molar-refractivity contribution is 9.11. The molecule has 0 saturated carbocycles. The van der Waals surface area contributed by atoms with Gasteiger partial charge in [0.2, 0.25) is 0 Å². The second-order valence-electron chi connectivity index (χ2n) is 2.84. The van der Waals surface area contributed by atoms with Crippen LogP contribution in [0.3, 0.4) is 0 Å². The highest BCUT2D eigenvalue weighted by Crippen LogP contribution is 2.27. The van der Waals surface area contributed by atoms with Gasteiger partial charge in [-0.2, -0.15) is 11.8 Å². The van der Waals surface area contributed by atoms with Crippen molar-refractivity contribution in [1.82, 2.24) is 0 Å². The molecular weight excluding hydrogens is 268 g/mol. The second-order valence-corrected chi connectivity index (χ2v) is 6.81. The summed E-state index contributed by atoms with van der Waals surface area (Å²) in [4.78, 5) is 1.39. The third kappa shape index (κ3) is 4.49. The molecule has 0 amide bonds. The first kappa shape index (κ1) is 11.6. The molecule has 1 rings (SSSR count). The molecule has 0 saturated heterocycles. The smallest absolute Gasteiger partial charge is 0.0701 e. The van der Waals surface area contributed by atoms with Crippen molar-refractivity contribution < 1.29 is 5.11 Å². The fraction of sp³-hybridized carbons (Fsp3) is 0.556. The van der Waals surface area contributed by atoms with Crippen LogP contribution in [0.25, 0.3) is 0 Å². The predicted molar refractivity (Wildman–Crippen MR) is 64.5 cm³/mol. The molecule has 0 aliphatic rings. The Kier molecular flexibility index (Phi) is 5.39. The minimum absolute atomic E-state index is 0.294. The van der Waals surface area contributed by atoms with Crippen LogP contribution in [0.1, 0.15) is 18.2 Å². The Balaban J connectivity index is 2.26. The van der Waals surface area contributed by atoms with Crippen LogP contribution in [0.4, 0.5) is 0 Å². The third-order valence-corrected chi connectivity index (χ3v) is 4.76. The predicted octanol–water partition coefficient (Wildman–Crippen LogP) is 3.51. The van der Waals surface area contributed by atoms with E-state index < -0.39 is 0 Å². The minimum Gasteiger partial charge on any atom is -0.396 e. The number of hydrogen-bond donors (Lipinski definition) is 1. The Hall–Kier alpha value is 0.490. The molecule has 1 aromatic heterocycles. The minimum atomic E-state index is 0.294. The quantitative estimate of drug-likeness (QED) is 0.891. The highest BCUT2D eigenvalue weighted by Gasteiger charge is 2.03. The van der Waals surface area contributed by atoms with Crippen LogP contribution in [0, 0.1) is 0 Å². The van der Waals surface area contributed by atoms with E-state index >= 15 is 0 Å². The molecule has 13 heavy (non-hydrogen) atoms. The summed E-state index contributed by atoms with van der Waals surface area (Å²) in [5.74, 6) is 1.05. The molecule has 1 heterocycles. The van der Waals surface area contributed by atoms with E-state index in [1.165, 1.54) is 8.66 Å². The molecule has 1 unspecified atom stereocenters. The highest BCUT2D eigenvalue weighted by atomic mass is 79.9. The first-order valence-electron chi connectivity index (χ1n) is 4.19. The Labute approximate surface area is 95.7 Å². The van der Waals surface area contributed by atoms with Gasteiger partial charge in [-0.3, -0.25) is 0 Å². The largest absolute Gasteiger partial charge is 0.396 e. The van der Waals surface area contributed by atoms with Crippen molar-refractivity contribution in [2.75, 3.05) is 6.61 Å². The molecule has 4 heteroatoms. The molecule has 0 aliphatic heterocycles. The van der Waals surface area contributed by atoms with E-state index in [0.717, 1.165) is 12.2 Å². The maximum absolute atomic E-state index is 8.72. The summed E-state index contributed by atoms with van der Waals surface area (Å²) >= 11 is 7.12. The first-order valence-corrected chi connectivity index (χ1v) is 6.85. The van der Waals surface area contributed by atoms with Crippen molar-refractivity contribution in [1.29, 1.82) is 0 Å². The molecule has 0 aliphatic carbocycles. The molecule has 0 bridgehead atoms. The lowest BCUT2D eigenvalue weighted by Gasteiger charge is -2.07. The Morgan fingerprint density at radius 3 is 2.92 bits per heavy atom. The van der Waals surface area contributed by atoms with Crippen LogP contribution in [-0.2, 0) is 5.75 Å². The standard InChI is InChI=1S/C9H13BrOS2/c1-7(4-5-11)12-6-8-2-3-9(10)13-8/h2-3,7,11H,4-6H2,1H3. The van der Waals surface area contributed by atoms with E-state index in [2.05, 4.69) is 35.0 Å². The Bertz CT molecular complexity index is 250. The van der Waals surface area contributed by atoms with Gasteiger partial charge < -0.3 is 5.11 Å². The molecular formula is C9H13BrOS2. The van der Waals surface area contributed by atoms with Crippen molar-refractivity contribution in [3.63, 3.8) is 0 Å². The normalized spacial score (nSPS) is 13.2. The summed E-state index contributed by atoms with van der Waals surface area (Å²) in [5.41, 5.74) is 0. The summed E-state index contributed by atoms with van der Waals surface area (Å²) in [6, 6.07) is 4.23. The van der Waals surface area contributed by atoms with Gasteiger partial charge >= 0.3 is 0 Å². The van der Waals surface area contributed by atoms with E-state index in [-0.39, 0.29) is 0 Å². The van der Waals surface area contributed by atoms with Crippen molar-refractivity contribution >= 4 is 39.0 Å². The van der Waals surface area contributed by atoms with E-state index in [1.807, 2.05) is 11.8 Å². The van der Waals surface area contributed by atoms with Gasteiger partial charge in [0, 0.05) is 22.5 Å². The number of rotatable bonds is 5. The summed E-state index contributed by atoms with van der Waals surface area (Å²) in [7, 11) is 0. The number of aliphatic hydroxyl groups excluding tert-OH is 1. The Morgan fingerprint density at radius 2 is 2.38 bits per heavy atom. The van der Waals surface area contributed by atoms with Crippen LogP contribution in [0.2, 0.25) is 0 Å². The van der Waals surface area contributed by atoms with Crippen molar-refractivity contribution in [2.24, 2.45) is 0 Å². The zero-order valence-electron chi connectivity index (χ0n) is 7.50. The van der Waals surface area contributed by atoms with Gasteiger partial charge in [-0.1, -0.05) is 6.92 Å². The van der Waals surface area contributed by atoms with Crippen molar-refractivity contribution in [2.45, 2.75) is 24.3 Å². The maximum atomic E-state index is 8.72. The molecule has 74 valence electrons. The lowest BCUT2D eigenvalue weighted by atomic mass is 10.3. The molecule has 1 aromatic rings. The fourth-order valence-electron chi connectivity index (χ4n) is 0.919. The molecule has 0 radical (unpaired) electrons. The van der Waals surface area contributed by atoms with E-state index in [9.17, 15) is 0 Å². The number of halogens is 1. The number of hydrogen-bond acceptors (Lipinski definition) is 3. The number of aliphatic hydroxyl groups is 1. The summed E-state index contributed by atoms with van der Waals surface area (Å²) in [5, 5.41) is 9.27. The average molecular weight is 281 g/mol. The fourth-order valence-corrected chi connectivity index (χ4v) is 3.45. The van der Waals surface area contributed by atoms with E-state index in [1.54, 1.807) is 11.3 Å². The average Bonchev–Trinajstić information content (AvgIpc) is 2.49. The van der Waals surface area contributed by atoms with Crippen LogP contribution in [0.5, 0.6) is 0 Å². The van der Waals surface area contributed by atoms with Crippen LogP contribution >= 0.6 is 39.0 Å². The SMILES string of the molecule is CC(CCO)SCc1ccc(Br)s1. The van der Waals surface area contributed by atoms with Gasteiger partial charge in [0.15, 0.2) is 0 Å². The summed E-state index contributed by atoms with van der Waals surface area (Å²) < 4.78 is 1.19. The maximum Gasteiger partial charge on any atom is 0.0701 e. The van der Waals surface area contributed by atoms with Crippen molar-refractivity contribution in [3.05, 3.63) is 20.8 Å². The second kappa shape index (κ2) is 6.06. The molecule has 0 spiro atoms. The van der Waals surface area contributed by atoms with Crippen LogP contribution in [0.15, 0.2) is 15.9 Å². The van der Waals surface area contributed by atoms with Gasteiger partial charge in [-0.15, -0.1) is 11.3 Å².